The van der Waals surface area contributed by atoms with Crippen molar-refractivity contribution in [1.29, 1.82) is 0 Å². The molecule has 0 amide bonds. The summed E-state index contributed by atoms with van der Waals surface area (Å²) in [4.78, 5) is 10.7. The SMILES string of the molecule is Cc1ccc2c(n1)sc1c3cc(C)c(-c4nccn4-c4c(C)cccc4C)cc3sc21. The van der Waals surface area contributed by atoms with Crippen LogP contribution in [-0.2, 0) is 0 Å². The van der Waals surface area contributed by atoms with Crippen LogP contribution in [0.3, 0.4) is 0 Å². The first-order valence-electron chi connectivity index (χ1n) is 10.3. The Morgan fingerprint density at radius 2 is 1.58 bits per heavy atom. The smallest absolute Gasteiger partial charge is 0.144 e. The van der Waals surface area contributed by atoms with Crippen molar-refractivity contribution in [1.82, 2.24) is 14.5 Å². The molecular formula is C26H21N3S2. The van der Waals surface area contributed by atoms with Crippen LogP contribution in [0.2, 0.25) is 0 Å². The van der Waals surface area contributed by atoms with E-state index >= 15 is 0 Å². The number of pyridine rings is 1. The molecule has 0 saturated heterocycles. The van der Waals surface area contributed by atoms with Crippen LogP contribution >= 0.6 is 22.7 Å². The van der Waals surface area contributed by atoms with Crippen LogP contribution in [0.4, 0.5) is 0 Å². The third kappa shape index (κ3) is 2.77. The number of benzene rings is 2. The predicted octanol–water partition coefficient (Wildman–Crippen LogP) is 7.75. The Balaban J connectivity index is 1.59. The van der Waals surface area contributed by atoms with Gasteiger partial charge in [-0.05, 0) is 68.7 Å². The first-order valence-corrected chi connectivity index (χ1v) is 12.0. The maximum atomic E-state index is 4.77. The Morgan fingerprint density at radius 1 is 0.806 bits per heavy atom. The Kier molecular flexibility index (Phi) is 4.07. The molecule has 0 spiro atoms. The molecule has 0 aliphatic heterocycles. The number of rotatable bonds is 2. The topological polar surface area (TPSA) is 30.7 Å². The van der Waals surface area contributed by atoms with E-state index in [4.69, 9.17) is 9.97 Å². The maximum absolute atomic E-state index is 4.77. The van der Waals surface area contributed by atoms with Crippen molar-refractivity contribution < 1.29 is 0 Å². The lowest BCUT2D eigenvalue weighted by Gasteiger charge is -2.15. The van der Waals surface area contributed by atoms with E-state index in [-0.39, 0.29) is 0 Å². The Bertz CT molecular complexity index is 1610. The van der Waals surface area contributed by atoms with Crippen LogP contribution in [-0.4, -0.2) is 14.5 Å². The van der Waals surface area contributed by atoms with Gasteiger partial charge in [0.15, 0.2) is 0 Å². The van der Waals surface area contributed by atoms with Crippen LogP contribution in [0.15, 0.2) is 54.9 Å². The minimum absolute atomic E-state index is 0.996. The zero-order valence-corrected chi connectivity index (χ0v) is 19.5. The highest BCUT2D eigenvalue weighted by atomic mass is 32.1. The molecule has 31 heavy (non-hydrogen) atoms. The molecule has 4 heterocycles. The average Bonchev–Trinajstić information content (AvgIpc) is 3.41. The number of hydrogen-bond donors (Lipinski definition) is 0. The van der Waals surface area contributed by atoms with Crippen molar-refractivity contribution in [2.75, 3.05) is 0 Å². The number of hydrogen-bond acceptors (Lipinski definition) is 4. The lowest BCUT2D eigenvalue weighted by Crippen LogP contribution is -2.02. The number of aryl methyl sites for hydroxylation is 4. The van der Waals surface area contributed by atoms with Crippen LogP contribution in [0.1, 0.15) is 22.4 Å². The van der Waals surface area contributed by atoms with E-state index in [1.54, 1.807) is 11.3 Å². The number of imidazole rings is 1. The summed E-state index contributed by atoms with van der Waals surface area (Å²) in [5, 5.41) is 2.59. The second kappa shape index (κ2) is 6.74. The quantitative estimate of drug-likeness (QED) is 0.276. The van der Waals surface area contributed by atoms with Gasteiger partial charge in [-0.15, -0.1) is 22.7 Å². The van der Waals surface area contributed by atoms with Gasteiger partial charge >= 0.3 is 0 Å². The summed E-state index contributed by atoms with van der Waals surface area (Å²) >= 11 is 3.67. The fourth-order valence-electron chi connectivity index (χ4n) is 4.50. The van der Waals surface area contributed by atoms with Crippen molar-refractivity contribution in [2.24, 2.45) is 0 Å². The van der Waals surface area contributed by atoms with Crippen LogP contribution in [0.5, 0.6) is 0 Å². The van der Waals surface area contributed by atoms with Gasteiger partial charge in [0.05, 0.1) is 15.1 Å². The standard InChI is InChI=1S/C26H21N3S2/c1-14-6-5-7-15(2)22(14)29-11-10-27-25(29)19-13-21-20(12-16(19)3)24-23(30-21)18-9-8-17(4)28-26(18)31-24/h5-13H,1-4H3. The zero-order chi connectivity index (χ0) is 21.3. The van der Waals surface area contributed by atoms with Crippen molar-refractivity contribution in [3.8, 4) is 17.1 Å². The molecule has 0 atom stereocenters. The fourth-order valence-corrected chi connectivity index (χ4v) is 7.17. The largest absolute Gasteiger partial charge is 0.299 e. The van der Waals surface area contributed by atoms with E-state index in [1.165, 1.54) is 52.8 Å². The van der Waals surface area contributed by atoms with Gasteiger partial charge in [0.2, 0.25) is 0 Å². The molecular weight excluding hydrogens is 418 g/mol. The average molecular weight is 440 g/mol. The number of aromatic nitrogens is 3. The third-order valence-corrected chi connectivity index (χ3v) is 8.44. The van der Waals surface area contributed by atoms with Gasteiger partial charge in [0.25, 0.3) is 0 Å². The summed E-state index contributed by atoms with van der Waals surface area (Å²) < 4.78 is 6.23. The first-order chi connectivity index (χ1) is 15.0. The van der Waals surface area contributed by atoms with Crippen molar-refractivity contribution in [3.63, 3.8) is 0 Å². The molecule has 5 heteroatoms. The lowest BCUT2D eigenvalue weighted by atomic mass is 10.0. The summed E-state index contributed by atoms with van der Waals surface area (Å²) in [6.07, 6.45) is 3.97. The van der Waals surface area contributed by atoms with Gasteiger partial charge in [-0.1, -0.05) is 18.2 Å². The molecule has 2 aromatic carbocycles. The maximum Gasteiger partial charge on any atom is 0.144 e. The summed E-state index contributed by atoms with van der Waals surface area (Å²) in [6, 6.07) is 15.4. The van der Waals surface area contributed by atoms with E-state index < -0.39 is 0 Å². The van der Waals surface area contributed by atoms with Crippen LogP contribution in [0, 0.1) is 27.7 Å². The van der Waals surface area contributed by atoms with E-state index in [0.717, 1.165) is 16.3 Å². The summed E-state index contributed by atoms with van der Waals surface area (Å²) in [6.45, 7) is 8.57. The summed E-state index contributed by atoms with van der Waals surface area (Å²) in [5.41, 5.74) is 7.23. The minimum Gasteiger partial charge on any atom is -0.299 e. The van der Waals surface area contributed by atoms with Crippen molar-refractivity contribution in [2.45, 2.75) is 27.7 Å². The minimum atomic E-state index is 0.996. The van der Waals surface area contributed by atoms with E-state index in [2.05, 4.69) is 80.9 Å². The molecule has 0 N–H and O–H groups in total. The highest BCUT2D eigenvalue weighted by Gasteiger charge is 2.18. The molecule has 0 fully saturated rings. The predicted molar refractivity (Wildman–Crippen MR) is 134 cm³/mol. The first kappa shape index (κ1) is 18.7. The van der Waals surface area contributed by atoms with Gasteiger partial charge < -0.3 is 0 Å². The van der Waals surface area contributed by atoms with Crippen molar-refractivity contribution in [3.05, 3.63) is 77.2 Å². The lowest BCUT2D eigenvalue weighted by molar-refractivity contribution is 1.03. The molecule has 4 aromatic heterocycles. The molecule has 0 aliphatic carbocycles. The molecule has 0 saturated carbocycles. The van der Waals surface area contributed by atoms with Crippen molar-refractivity contribution >= 4 is 52.4 Å². The second-order valence-electron chi connectivity index (χ2n) is 8.19. The number of para-hydroxylation sites is 1. The van der Waals surface area contributed by atoms with E-state index in [0.29, 0.717) is 0 Å². The molecule has 152 valence electrons. The van der Waals surface area contributed by atoms with Gasteiger partial charge in [-0.3, -0.25) is 4.57 Å². The van der Waals surface area contributed by atoms with Gasteiger partial charge in [-0.25, -0.2) is 9.97 Å². The van der Waals surface area contributed by atoms with Crippen LogP contribution < -0.4 is 0 Å². The number of fused-ring (bicyclic) bond motifs is 5. The molecule has 0 aliphatic rings. The zero-order valence-electron chi connectivity index (χ0n) is 17.9. The van der Waals surface area contributed by atoms with E-state index in [9.17, 15) is 0 Å². The van der Waals surface area contributed by atoms with Gasteiger partial charge in [0.1, 0.15) is 10.7 Å². The normalized spacial score (nSPS) is 11.9. The molecule has 0 bridgehead atoms. The number of nitrogens with zero attached hydrogens (tertiary/aromatic N) is 3. The van der Waals surface area contributed by atoms with E-state index in [1.807, 2.05) is 17.5 Å². The fraction of sp³-hybridized carbons (Fsp3) is 0.154. The molecule has 6 aromatic rings. The van der Waals surface area contributed by atoms with Gasteiger partial charge in [0, 0.05) is 39.1 Å². The molecule has 0 radical (unpaired) electrons. The molecule has 0 unspecified atom stereocenters. The number of thiophene rings is 2. The Hall–Kier alpha value is -3.02. The second-order valence-corrected chi connectivity index (χ2v) is 10.2. The third-order valence-electron chi connectivity index (χ3n) is 5.99. The highest BCUT2D eigenvalue weighted by molar-refractivity contribution is 7.36. The molecule has 6 rings (SSSR count). The van der Waals surface area contributed by atoms with Crippen LogP contribution in [0.25, 0.3) is 46.8 Å². The summed E-state index contributed by atoms with van der Waals surface area (Å²) in [5.74, 6) is 0.996. The highest BCUT2D eigenvalue weighted by Crippen LogP contribution is 2.45. The monoisotopic (exact) mass is 439 g/mol. The van der Waals surface area contributed by atoms with Gasteiger partial charge in [-0.2, -0.15) is 0 Å². The Morgan fingerprint density at radius 3 is 2.39 bits per heavy atom. The summed E-state index contributed by atoms with van der Waals surface area (Å²) in [7, 11) is 0. The Labute approximate surface area is 188 Å². The molecule has 3 nitrogen and oxygen atoms in total.